The molecule has 2 aromatic rings. The van der Waals surface area contributed by atoms with Crippen LogP contribution in [0.4, 0.5) is 5.82 Å². The molecule has 0 unspecified atom stereocenters. The van der Waals surface area contributed by atoms with Crippen LogP contribution in [0.15, 0.2) is 24.7 Å². The molecule has 2 aliphatic rings. The molecule has 2 aliphatic heterocycles. The highest BCUT2D eigenvalue weighted by Crippen LogP contribution is 2.17. The van der Waals surface area contributed by atoms with Crippen molar-refractivity contribution in [3.05, 3.63) is 41.6 Å². The van der Waals surface area contributed by atoms with Crippen LogP contribution in [0.3, 0.4) is 0 Å². The maximum atomic E-state index is 12.6. The number of β-amino-alcohol motifs (C(OH)–C–C–N with tert-alkyl or cyclic N) is 1. The first kappa shape index (κ1) is 22.2. The molecule has 0 saturated carbocycles. The summed E-state index contributed by atoms with van der Waals surface area (Å²) in [5.74, 6) is 0.507. The number of pyridine rings is 1. The third-order valence-electron chi connectivity index (χ3n) is 6.14. The van der Waals surface area contributed by atoms with Crippen molar-refractivity contribution in [1.29, 1.82) is 0 Å². The van der Waals surface area contributed by atoms with Gasteiger partial charge in [-0.1, -0.05) is 0 Å². The number of aliphatic hydroxyl groups is 1. The lowest BCUT2D eigenvalue weighted by Crippen LogP contribution is -2.42. The van der Waals surface area contributed by atoms with Crippen molar-refractivity contribution in [1.82, 2.24) is 30.1 Å². The Morgan fingerprint density at radius 3 is 2.88 bits per heavy atom. The van der Waals surface area contributed by atoms with Crippen LogP contribution < -0.4 is 10.6 Å². The number of H-pyrrole nitrogens is 1. The average Bonchev–Trinajstić information content (AvgIpc) is 3.26. The molecular formula is C22H31N7O3. The first-order chi connectivity index (χ1) is 15.5. The maximum absolute atomic E-state index is 12.6. The van der Waals surface area contributed by atoms with Gasteiger partial charge < -0.3 is 25.6 Å². The van der Waals surface area contributed by atoms with Gasteiger partial charge in [-0.3, -0.25) is 14.5 Å². The highest BCUT2D eigenvalue weighted by atomic mass is 16.3. The van der Waals surface area contributed by atoms with Gasteiger partial charge in [0.05, 0.1) is 23.8 Å². The summed E-state index contributed by atoms with van der Waals surface area (Å²) in [5.41, 5.74) is 2.68. The van der Waals surface area contributed by atoms with Gasteiger partial charge in [-0.25, -0.2) is 9.97 Å². The van der Waals surface area contributed by atoms with E-state index in [1.165, 1.54) is 0 Å². The second-order valence-corrected chi connectivity index (χ2v) is 8.53. The number of hydrogen-bond acceptors (Lipinski definition) is 7. The monoisotopic (exact) mass is 441 g/mol. The van der Waals surface area contributed by atoms with E-state index in [0.717, 1.165) is 56.8 Å². The Kier molecular flexibility index (Phi) is 7.01. The van der Waals surface area contributed by atoms with Crippen molar-refractivity contribution in [2.24, 2.45) is 0 Å². The van der Waals surface area contributed by atoms with Crippen LogP contribution >= 0.6 is 0 Å². The molecule has 10 heteroatoms. The Morgan fingerprint density at radius 2 is 2.09 bits per heavy atom. The van der Waals surface area contributed by atoms with E-state index in [4.69, 9.17) is 0 Å². The molecule has 2 amide bonds. The summed E-state index contributed by atoms with van der Waals surface area (Å²) in [5, 5.41) is 16.6. The van der Waals surface area contributed by atoms with E-state index < -0.39 is 6.10 Å². The van der Waals surface area contributed by atoms with Crippen molar-refractivity contribution >= 4 is 17.6 Å². The molecule has 4 N–H and O–H groups in total. The number of rotatable bonds is 7. The predicted molar refractivity (Wildman–Crippen MR) is 119 cm³/mol. The molecule has 0 spiro atoms. The Balaban J connectivity index is 1.23. The van der Waals surface area contributed by atoms with Gasteiger partial charge in [0.15, 0.2) is 0 Å². The van der Waals surface area contributed by atoms with Gasteiger partial charge in [-0.05, 0) is 25.0 Å². The van der Waals surface area contributed by atoms with E-state index in [0.29, 0.717) is 17.9 Å². The van der Waals surface area contributed by atoms with E-state index in [2.05, 4.69) is 30.5 Å². The van der Waals surface area contributed by atoms with Gasteiger partial charge in [0, 0.05) is 70.4 Å². The summed E-state index contributed by atoms with van der Waals surface area (Å²) in [4.78, 5) is 39.8. The molecule has 32 heavy (non-hydrogen) atoms. The molecule has 0 aliphatic carbocycles. The quantitative estimate of drug-likeness (QED) is 0.489. The maximum Gasteiger partial charge on any atom is 0.251 e. The molecule has 0 radical (unpaired) electrons. The molecule has 1 atom stereocenters. The van der Waals surface area contributed by atoms with Gasteiger partial charge in [-0.2, -0.15) is 0 Å². The standard InChI is InChI=1S/C22H31N7O3/c1-15(30)29-8-3-17(4-9-29)27-21-10-16(2-6-23-21)22(32)24-11-18(31)12-28-7-5-19-20(13-28)26-14-25-19/h2,6,10,14,17-18,31H,3-5,7-9,11-13H2,1H3,(H,23,27)(H,24,32)(H,25,26)/t18-/m0/s1. The predicted octanol–water partition coefficient (Wildman–Crippen LogP) is 0.377. The average molecular weight is 442 g/mol. The van der Waals surface area contributed by atoms with Crippen LogP contribution in [0.5, 0.6) is 0 Å². The van der Waals surface area contributed by atoms with Crippen molar-refractivity contribution in [2.45, 2.75) is 44.9 Å². The number of carbonyl (C=O) groups is 2. The van der Waals surface area contributed by atoms with Gasteiger partial charge in [0.2, 0.25) is 5.91 Å². The number of likely N-dealkylation sites (tertiary alicyclic amines) is 1. The van der Waals surface area contributed by atoms with Crippen LogP contribution in [-0.4, -0.2) is 86.5 Å². The lowest BCUT2D eigenvalue weighted by molar-refractivity contribution is -0.129. The zero-order chi connectivity index (χ0) is 22.5. The second kappa shape index (κ2) is 10.1. The summed E-state index contributed by atoms with van der Waals surface area (Å²) in [6, 6.07) is 3.61. The fraction of sp³-hybridized carbons (Fsp3) is 0.545. The molecule has 0 bridgehead atoms. The third kappa shape index (κ3) is 5.63. The number of fused-ring (bicyclic) bond motifs is 1. The SMILES string of the molecule is CC(=O)N1CCC(Nc2cc(C(=O)NC[C@H](O)CN3CCc4nc[nH]c4C3)ccn2)CC1. The zero-order valence-corrected chi connectivity index (χ0v) is 18.4. The molecule has 0 aromatic carbocycles. The van der Waals surface area contributed by atoms with Crippen LogP contribution in [0.2, 0.25) is 0 Å². The number of anilines is 1. The second-order valence-electron chi connectivity index (χ2n) is 8.53. The minimum absolute atomic E-state index is 0.105. The highest BCUT2D eigenvalue weighted by molar-refractivity contribution is 5.94. The van der Waals surface area contributed by atoms with E-state index in [9.17, 15) is 14.7 Å². The van der Waals surface area contributed by atoms with Crippen molar-refractivity contribution in [3.8, 4) is 0 Å². The number of nitrogens with one attached hydrogen (secondary N) is 3. The highest BCUT2D eigenvalue weighted by Gasteiger charge is 2.22. The lowest BCUT2D eigenvalue weighted by Gasteiger charge is -2.32. The molecule has 172 valence electrons. The Morgan fingerprint density at radius 1 is 1.28 bits per heavy atom. The Labute approximate surface area is 187 Å². The summed E-state index contributed by atoms with van der Waals surface area (Å²) >= 11 is 0. The summed E-state index contributed by atoms with van der Waals surface area (Å²) in [7, 11) is 0. The largest absolute Gasteiger partial charge is 0.390 e. The van der Waals surface area contributed by atoms with Crippen LogP contribution in [0.25, 0.3) is 0 Å². The van der Waals surface area contributed by atoms with Crippen LogP contribution in [-0.2, 0) is 17.8 Å². The smallest absolute Gasteiger partial charge is 0.251 e. The van der Waals surface area contributed by atoms with Crippen LogP contribution in [0.1, 0.15) is 41.5 Å². The van der Waals surface area contributed by atoms with Crippen LogP contribution in [0, 0.1) is 0 Å². The van der Waals surface area contributed by atoms with Gasteiger partial charge in [0.25, 0.3) is 5.91 Å². The van der Waals surface area contributed by atoms with E-state index in [-0.39, 0.29) is 24.4 Å². The molecule has 1 saturated heterocycles. The fourth-order valence-electron chi connectivity index (χ4n) is 4.30. The number of carbonyl (C=O) groups excluding carboxylic acids is 2. The molecule has 4 rings (SSSR count). The van der Waals surface area contributed by atoms with Crippen molar-refractivity contribution < 1.29 is 14.7 Å². The van der Waals surface area contributed by atoms with Gasteiger partial charge >= 0.3 is 0 Å². The topological polar surface area (TPSA) is 126 Å². The molecule has 4 heterocycles. The first-order valence-electron chi connectivity index (χ1n) is 11.2. The van der Waals surface area contributed by atoms with E-state index in [1.807, 2.05) is 4.90 Å². The number of amides is 2. The Hall–Kier alpha value is -2.98. The first-order valence-corrected chi connectivity index (χ1v) is 11.2. The Bertz CT molecular complexity index is 939. The van der Waals surface area contributed by atoms with Crippen molar-refractivity contribution in [2.75, 3.05) is 38.0 Å². The summed E-state index contributed by atoms with van der Waals surface area (Å²) in [6.45, 7) is 5.28. The summed E-state index contributed by atoms with van der Waals surface area (Å²) in [6.07, 6.45) is 5.21. The van der Waals surface area contributed by atoms with E-state index >= 15 is 0 Å². The lowest BCUT2D eigenvalue weighted by atomic mass is 10.0. The molecule has 1 fully saturated rings. The number of aromatic nitrogens is 3. The molecule has 10 nitrogen and oxygen atoms in total. The fourth-order valence-corrected chi connectivity index (χ4v) is 4.30. The minimum Gasteiger partial charge on any atom is -0.390 e. The number of hydrogen-bond donors (Lipinski definition) is 4. The summed E-state index contributed by atoms with van der Waals surface area (Å²) < 4.78 is 0. The normalized spacial score (nSPS) is 18.1. The number of nitrogens with zero attached hydrogens (tertiary/aromatic N) is 4. The van der Waals surface area contributed by atoms with Crippen molar-refractivity contribution in [3.63, 3.8) is 0 Å². The molecular weight excluding hydrogens is 410 g/mol. The third-order valence-corrected chi connectivity index (χ3v) is 6.14. The number of piperidine rings is 1. The van der Waals surface area contributed by atoms with E-state index in [1.54, 1.807) is 31.6 Å². The number of aromatic amines is 1. The molecule has 2 aromatic heterocycles. The number of imidazole rings is 1. The zero-order valence-electron chi connectivity index (χ0n) is 18.4. The van der Waals surface area contributed by atoms with Gasteiger partial charge in [-0.15, -0.1) is 0 Å². The van der Waals surface area contributed by atoms with Gasteiger partial charge in [0.1, 0.15) is 5.82 Å². The number of aliphatic hydroxyl groups excluding tert-OH is 1. The minimum atomic E-state index is -0.658.